The molecule has 1 rings (SSSR count). The van der Waals surface area contributed by atoms with Gasteiger partial charge in [0.15, 0.2) is 0 Å². The Labute approximate surface area is 66.7 Å². The summed E-state index contributed by atoms with van der Waals surface area (Å²) in [5.41, 5.74) is 2.32. The summed E-state index contributed by atoms with van der Waals surface area (Å²) in [4.78, 5) is 0. The molecule has 0 spiro atoms. The quantitative estimate of drug-likeness (QED) is 0.697. The van der Waals surface area contributed by atoms with E-state index in [1.165, 1.54) is 5.69 Å². The third-order valence-electron chi connectivity index (χ3n) is 1.89. The van der Waals surface area contributed by atoms with Gasteiger partial charge >= 0.3 is 0 Å². The Hall–Kier alpha value is -0.830. The normalized spacial score (nSPS) is 10.5. The van der Waals surface area contributed by atoms with Crippen molar-refractivity contribution < 1.29 is 5.11 Å². The first-order valence-electron chi connectivity index (χ1n) is 3.91. The molecule has 0 aliphatic carbocycles. The zero-order chi connectivity index (χ0) is 8.27. The molecule has 1 aromatic rings. The molecular weight excluding hydrogens is 140 g/mol. The molecule has 0 saturated heterocycles. The van der Waals surface area contributed by atoms with Gasteiger partial charge < -0.3 is 5.11 Å². The predicted molar refractivity (Wildman–Crippen MR) is 43.4 cm³/mol. The van der Waals surface area contributed by atoms with Crippen molar-refractivity contribution in [2.45, 2.75) is 26.8 Å². The van der Waals surface area contributed by atoms with E-state index in [0.29, 0.717) is 6.42 Å². The average Bonchev–Trinajstić information content (AvgIpc) is 2.34. The Kier molecular flexibility index (Phi) is 2.65. The number of hydrogen-bond acceptors (Lipinski definition) is 2. The van der Waals surface area contributed by atoms with Crippen molar-refractivity contribution in [2.24, 2.45) is 0 Å². The fourth-order valence-electron chi connectivity index (χ4n) is 1.17. The van der Waals surface area contributed by atoms with Gasteiger partial charge in [-0.05, 0) is 25.8 Å². The third-order valence-corrected chi connectivity index (χ3v) is 1.89. The van der Waals surface area contributed by atoms with E-state index in [0.717, 1.165) is 12.1 Å². The van der Waals surface area contributed by atoms with Crippen LogP contribution in [0.5, 0.6) is 0 Å². The van der Waals surface area contributed by atoms with Crippen molar-refractivity contribution in [1.82, 2.24) is 9.78 Å². The van der Waals surface area contributed by atoms with Gasteiger partial charge in [-0.15, -0.1) is 0 Å². The molecule has 0 saturated carbocycles. The Bertz CT molecular complexity index is 230. The number of hydrogen-bond donors (Lipinski definition) is 1. The first-order chi connectivity index (χ1) is 5.29. The highest BCUT2D eigenvalue weighted by Crippen LogP contribution is 2.06. The Morgan fingerprint density at radius 3 is 2.82 bits per heavy atom. The van der Waals surface area contributed by atoms with Crippen molar-refractivity contribution >= 4 is 0 Å². The van der Waals surface area contributed by atoms with Gasteiger partial charge in [0.2, 0.25) is 0 Å². The minimum atomic E-state index is 0.205. The fourth-order valence-corrected chi connectivity index (χ4v) is 1.17. The van der Waals surface area contributed by atoms with Gasteiger partial charge in [-0.25, -0.2) is 0 Å². The van der Waals surface area contributed by atoms with E-state index in [-0.39, 0.29) is 6.61 Å². The molecule has 3 heteroatoms. The third kappa shape index (κ3) is 1.60. The molecule has 62 valence electrons. The lowest BCUT2D eigenvalue weighted by Crippen LogP contribution is -2.00. The summed E-state index contributed by atoms with van der Waals surface area (Å²) in [6.45, 7) is 5.19. The van der Waals surface area contributed by atoms with Crippen LogP contribution in [0.1, 0.15) is 18.2 Å². The largest absolute Gasteiger partial charge is 0.396 e. The first kappa shape index (κ1) is 8.27. The van der Waals surface area contributed by atoms with Gasteiger partial charge in [0.05, 0.1) is 6.20 Å². The van der Waals surface area contributed by atoms with E-state index in [2.05, 4.69) is 12.0 Å². The van der Waals surface area contributed by atoms with Gasteiger partial charge in [-0.3, -0.25) is 4.68 Å². The minimum absolute atomic E-state index is 0.205. The number of aliphatic hydroxyl groups is 1. The lowest BCUT2D eigenvalue weighted by molar-refractivity contribution is 0.299. The number of nitrogens with zero attached hydrogens (tertiary/aromatic N) is 2. The first-order valence-corrected chi connectivity index (χ1v) is 3.91. The van der Waals surface area contributed by atoms with Gasteiger partial charge in [0, 0.05) is 18.8 Å². The van der Waals surface area contributed by atoms with Crippen LogP contribution >= 0.6 is 0 Å². The highest BCUT2D eigenvalue weighted by atomic mass is 16.2. The van der Waals surface area contributed by atoms with Crippen LogP contribution in [0.25, 0.3) is 0 Å². The topological polar surface area (TPSA) is 38.0 Å². The van der Waals surface area contributed by atoms with Crippen LogP contribution in [-0.2, 0) is 13.0 Å². The molecule has 0 unspecified atom stereocenters. The van der Waals surface area contributed by atoms with Crippen molar-refractivity contribution in [3.8, 4) is 0 Å². The van der Waals surface area contributed by atoms with E-state index in [4.69, 9.17) is 5.11 Å². The van der Waals surface area contributed by atoms with E-state index in [1.54, 1.807) is 0 Å². The van der Waals surface area contributed by atoms with Crippen LogP contribution in [0.2, 0.25) is 0 Å². The molecule has 0 radical (unpaired) electrons. The summed E-state index contributed by atoms with van der Waals surface area (Å²) in [6, 6.07) is 0. The molecule has 1 aromatic heterocycles. The predicted octanol–water partition coefficient (Wildman–Crippen LogP) is 0.746. The monoisotopic (exact) mass is 154 g/mol. The molecule has 1 N–H and O–H groups in total. The maximum Gasteiger partial charge on any atom is 0.0525 e. The van der Waals surface area contributed by atoms with Crippen LogP contribution in [-0.4, -0.2) is 21.5 Å². The number of rotatable bonds is 3. The van der Waals surface area contributed by atoms with E-state index < -0.39 is 0 Å². The van der Waals surface area contributed by atoms with E-state index >= 15 is 0 Å². The molecular formula is C8H14N2O. The SMILES string of the molecule is CCn1ncc(CCO)c1C. The molecule has 0 aromatic carbocycles. The highest BCUT2D eigenvalue weighted by molar-refractivity contribution is 5.15. The Morgan fingerprint density at radius 1 is 1.64 bits per heavy atom. The summed E-state index contributed by atoms with van der Waals surface area (Å²) in [7, 11) is 0. The number of aromatic nitrogens is 2. The van der Waals surface area contributed by atoms with Crippen LogP contribution in [0.15, 0.2) is 6.20 Å². The lowest BCUT2D eigenvalue weighted by Gasteiger charge is -1.99. The summed E-state index contributed by atoms with van der Waals surface area (Å²) in [5, 5.41) is 12.8. The zero-order valence-electron chi connectivity index (χ0n) is 7.04. The molecule has 0 aliphatic rings. The van der Waals surface area contributed by atoms with E-state index in [9.17, 15) is 0 Å². The molecule has 3 nitrogen and oxygen atoms in total. The van der Waals surface area contributed by atoms with Crippen molar-refractivity contribution in [3.63, 3.8) is 0 Å². The highest BCUT2D eigenvalue weighted by Gasteiger charge is 2.02. The van der Waals surface area contributed by atoms with Gasteiger partial charge in [-0.2, -0.15) is 5.10 Å². The molecule has 11 heavy (non-hydrogen) atoms. The molecule has 0 fully saturated rings. The molecule has 1 heterocycles. The van der Waals surface area contributed by atoms with Crippen LogP contribution in [0.4, 0.5) is 0 Å². The number of aliphatic hydroxyl groups excluding tert-OH is 1. The van der Waals surface area contributed by atoms with Crippen LogP contribution in [0.3, 0.4) is 0 Å². The Morgan fingerprint density at radius 2 is 2.36 bits per heavy atom. The smallest absolute Gasteiger partial charge is 0.0525 e. The fraction of sp³-hybridized carbons (Fsp3) is 0.625. The van der Waals surface area contributed by atoms with Crippen LogP contribution in [0, 0.1) is 6.92 Å². The summed E-state index contributed by atoms with van der Waals surface area (Å²) < 4.78 is 1.94. The van der Waals surface area contributed by atoms with Gasteiger partial charge in [-0.1, -0.05) is 0 Å². The lowest BCUT2D eigenvalue weighted by atomic mass is 10.2. The molecule has 0 aliphatic heterocycles. The maximum absolute atomic E-state index is 8.69. The second kappa shape index (κ2) is 3.53. The zero-order valence-corrected chi connectivity index (χ0v) is 7.04. The second-order valence-corrected chi connectivity index (χ2v) is 2.54. The molecule has 0 bridgehead atoms. The van der Waals surface area contributed by atoms with E-state index in [1.807, 2.05) is 17.8 Å². The van der Waals surface area contributed by atoms with Crippen molar-refractivity contribution in [1.29, 1.82) is 0 Å². The summed E-state index contributed by atoms with van der Waals surface area (Å²) in [5.74, 6) is 0. The van der Waals surface area contributed by atoms with Gasteiger partial charge in [0.25, 0.3) is 0 Å². The minimum Gasteiger partial charge on any atom is -0.396 e. The number of aryl methyl sites for hydroxylation is 1. The summed E-state index contributed by atoms with van der Waals surface area (Å²) >= 11 is 0. The molecule has 0 atom stereocenters. The van der Waals surface area contributed by atoms with Crippen molar-refractivity contribution in [3.05, 3.63) is 17.5 Å². The summed E-state index contributed by atoms with van der Waals surface area (Å²) in [6.07, 6.45) is 2.54. The molecule has 0 amide bonds. The second-order valence-electron chi connectivity index (χ2n) is 2.54. The van der Waals surface area contributed by atoms with Gasteiger partial charge in [0.1, 0.15) is 0 Å². The standard InChI is InChI=1S/C8H14N2O/c1-3-10-7(2)8(4-5-11)6-9-10/h6,11H,3-5H2,1-2H3. The van der Waals surface area contributed by atoms with Crippen LogP contribution < -0.4 is 0 Å². The van der Waals surface area contributed by atoms with Crippen molar-refractivity contribution in [2.75, 3.05) is 6.61 Å². The Balaban J connectivity index is 2.82. The maximum atomic E-state index is 8.69. The average molecular weight is 154 g/mol.